The van der Waals surface area contributed by atoms with E-state index < -0.39 is 20.6 Å². The van der Waals surface area contributed by atoms with E-state index in [0.717, 1.165) is 30.4 Å². The van der Waals surface area contributed by atoms with Crippen LogP contribution in [0.5, 0.6) is 0 Å². The Morgan fingerprint density at radius 2 is 1.87 bits per heavy atom. The van der Waals surface area contributed by atoms with Crippen LogP contribution in [0.2, 0.25) is 0 Å². The van der Waals surface area contributed by atoms with Gasteiger partial charge in [-0.2, -0.15) is 0 Å². The first-order valence-electron chi connectivity index (χ1n) is 4.68. The van der Waals surface area contributed by atoms with Gasteiger partial charge in [0.25, 0.3) is 0 Å². The molecule has 0 unspecified atom stereocenters. The molecule has 0 bridgehead atoms. The minimum Gasteiger partial charge on any atom is -0.212 e. The van der Waals surface area contributed by atoms with Gasteiger partial charge < -0.3 is 0 Å². The molecule has 1 aromatic rings. The van der Waals surface area contributed by atoms with E-state index in [0.29, 0.717) is 0 Å². The van der Waals surface area contributed by atoms with E-state index >= 15 is 0 Å². The van der Waals surface area contributed by atoms with Crippen molar-refractivity contribution in [3.05, 3.63) is 34.6 Å². The van der Waals surface area contributed by atoms with Gasteiger partial charge >= 0.3 is 0 Å². The second-order valence-corrected chi connectivity index (χ2v) is 6.53. The molecule has 0 heterocycles. The summed E-state index contributed by atoms with van der Waals surface area (Å²) in [5.74, 6) is -0.909. The first-order valence-corrected chi connectivity index (χ1v) is 7.16. The maximum atomic E-state index is 13.5. The Hall–Kier alpha value is -0.610. The molecule has 2 rings (SSSR count). The molecule has 0 radical (unpaired) electrons. The van der Waals surface area contributed by atoms with Crippen molar-refractivity contribution < 1.29 is 12.8 Å². The number of aryl methyl sites for hydroxylation is 2. The molecule has 1 aliphatic rings. The molecular formula is C10H10ClFO2S. The molecule has 0 aromatic heterocycles. The third-order valence-electron chi connectivity index (χ3n) is 2.59. The fourth-order valence-corrected chi connectivity index (χ4v) is 2.89. The third-order valence-corrected chi connectivity index (χ3v) is 3.57. The van der Waals surface area contributed by atoms with E-state index in [1.165, 1.54) is 6.07 Å². The molecule has 0 aliphatic heterocycles. The fraction of sp³-hybridized carbons (Fsp3) is 0.400. The molecule has 0 fully saturated rings. The van der Waals surface area contributed by atoms with Crippen LogP contribution >= 0.6 is 10.7 Å². The van der Waals surface area contributed by atoms with E-state index in [2.05, 4.69) is 0 Å². The molecule has 0 saturated heterocycles. The standard InChI is InChI=1S/C10H10ClFO2S/c11-15(13,14)6-9-4-7-2-1-3-8(7)5-10(9)12/h4-5H,1-3,6H2. The average Bonchev–Trinajstić information content (AvgIpc) is 2.49. The van der Waals surface area contributed by atoms with Gasteiger partial charge in [0.2, 0.25) is 9.05 Å². The van der Waals surface area contributed by atoms with E-state index in [9.17, 15) is 12.8 Å². The van der Waals surface area contributed by atoms with Gasteiger partial charge in [0.1, 0.15) is 5.82 Å². The Morgan fingerprint density at radius 3 is 2.47 bits per heavy atom. The van der Waals surface area contributed by atoms with Gasteiger partial charge in [-0.3, -0.25) is 0 Å². The van der Waals surface area contributed by atoms with Crippen molar-refractivity contribution in [2.24, 2.45) is 0 Å². The largest absolute Gasteiger partial charge is 0.236 e. The zero-order valence-corrected chi connectivity index (χ0v) is 9.54. The molecule has 0 saturated carbocycles. The van der Waals surface area contributed by atoms with Gasteiger partial charge in [-0.25, -0.2) is 12.8 Å². The predicted octanol–water partition coefficient (Wildman–Crippen LogP) is 2.38. The number of hydrogen-bond acceptors (Lipinski definition) is 2. The van der Waals surface area contributed by atoms with Crippen LogP contribution in [0.15, 0.2) is 12.1 Å². The van der Waals surface area contributed by atoms with E-state index in [4.69, 9.17) is 10.7 Å². The number of halogens is 2. The molecule has 2 nitrogen and oxygen atoms in total. The predicted molar refractivity (Wildman–Crippen MR) is 56.9 cm³/mol. The highest BCUT2D eigenvalue weighted by atomic mass is 35.7. The van der Waals surface area contributed by atoms with E-state index in [1.54, 1.807) is 6.07 Å². The minimum absolute atomic E-state index is 0.172. The maximum Gasteiger partial charge on any atom is 0.236 e. The molecule has 0 atom stereocenters. The molecule has 1 aromatic carbocycles. The lowest BCUT2D eigenvalue weighted by Gasteiger charge is -2.05. The molecular weight excluding hydrogens is 239 g/mol. The monoisotopic (exact) mass is 248 g/mol. The van der Waals surface area contributed by atoms with Crippen LogP contribution in [0.3, 0.4) is 0 Å². The lowest BCUT2D eigenvalue weighted by atomic mass is 10.1. The number of fused-ring (bicyclic) bond motifs is 1. The summed E-state index contributed by atoms with van der Waals surface area (Å²) in [7, 11) is 1.41. The summed E-state index contributed by atoms with van der Waals surface area (Å²) < 4.78 is 35.2. The highest BCUT2D eigenvalue weighted by Crippen LogP contribution is 2.26. The summed E-state index contributed by atoms with van der Waals surface area (Å²) in [6, 6.07) is 3.05. The molecule has 0 amide bonds. The lowest BCUT2D eigenvalue weighted by Crippen LogP contribution is -2.00. The normalized spacial score (nSPS) is 15.3. The zero-order chi connectivity index (χ0) is 11.1. The molecule has 5 heteroatoms. The Bertz CT molecular complexity index is 496. The van der Waals surface area contributed by atoms with Crippen molar-refractivity contribution in [1.29, 1.82) is 0 Å². The van der Waals surface area contributed by atoms with Gasteiger partial charge in [-0.15, -0.1) is 0 Å². The summed E-state index contributed by atoms with van der Waals surface area (Å²) >= 11 is 0. The van der Waals surface area contributed by atoms with Crippen molar-refractivity contribution in [3.8, 4) is 0 Å². The Kier molecular flexibility index (Phi) is 2.73. The van der Waals surface area contributed by atoms with E-state index in [1.807, 2.05) is 0 Å². The molecule has 0 N–H and O–H groups in total. The van der Waals surface area contributed by atoms with E-state index in [-0.39, 0.29) is 5.56 Å². The molecule has 0 spiro atoms. The van der Waals surface area contributed by atoms with Crippen LogP contribution in [0.1, 0.15) is 23.1 Å². The lowest BCUT2D eigenvalue weighted by molar-refractivity contribution is 0.596. The number of hydrogen-bond donors (Lipinski definition) is 0. The van der Waals surface area contributed by atoms with Crippen LogP contribution in [0, 0.1) is 5.82 Å². The summed E-state index contributed by atoms with van der Waals surface area (Å²) in [5, 5.41) is 0. The second-order valence-electron chi connectivity index (χ2n) is 3.75. The number of rotatable bonds is 2. The zero-order valence-electron chi connectivity index (χ0n) is 7.96. The SMILES string of the molecule is O=S(=O)(Cl)Cc1cc2c(cc1F)CCC2. The van der Waals surface area contributed by atoms with Gasteiger partial charge in [0.15, 0.2) is 0 Å². The van der Waals surface area contributed by atoms with Crippen molar-refractivity contribution >= 4 is 19.7 Å². The second kappa shape index (κ2) is 3.76. The Balaban J connectivity index is 2.41. The molecule has 1 aliphatic carbocycles. The average molecular weight is 249 g/mol. The van der Waals surface area contributed by atoms with Crippen LogP contribution < -0.4 is 0 Å². The molecule has 82 valence electrons. The fourth-order valence-electron chi connectivity index (χ4n) is 1.94. The minimum atomic E-state index is -3.68. The highest BCUT2D eigenvalue weighted by Gasteiger charge is 2.17. The van der Waals surface area contributed by atoms with Crippen molar-refractivity contribution in [2.45, 2.75) is 25.0 Å². The van der Waals surface area contributed by atoms with Crippen LogP contribution in [0.25, 0.3) is 0 Å². The van der Waals surface area contributed by atoms with Crippen LogP contribution in [0.4, 0.5) is 4.39 Å². The quantitative estimate of drug-likeness (QED) is 0.753. The van der Waals surface area contributed by atoms with Crippen LogP contribution in [-0.2, 0) is 27.6 Å². The van der Waals surface area contributed by atoms with Gasteiger partial charge in [0, 0.05) is 16.2 Å². The van der Waals surface area contributed by atoms with Crippen molar-refractivity contribution in [2.75, 3.05) is 0 Å². The van der Waals surface area contributed by atoms with Crippen molar-refractivity contribution in [3.63, 3.8) is 0 Å². The third kappa shape index (κ3) is 2.49. The summed E-state index contributed by atoms with van der Waals surface area (Å²) in [5.41, 5.74) is 2.21. The summed E-state index contributed by atoms with van der Waals surface area (Å²) in [4.78, 5) is 0. The highest BCUT2D eigenvalue weighted by molar-refractivity contribution is 8.13. The first kappa shape index (κ1) is 10.9. The van der Waals surface area contributed by atoms with Gasteiger partial charge in [-0.05, 0) is 36.5 Å². The summed E-state index contributed by atoms with van der Waals surface area (Å²) in [6.07, 6.45) is 2.77. The maximum absolute atomic E-state index is 13.5. The van der Waals surface area contributed by atoms with Crippen LogP contribution in [-0.4, -0.2) is 8.42 Å². The smallest absolute Gasteiger partial charge is 0.212 e. The Labute approximate surface area is 92.5 Å². The number of benzene rings is 1. The van der Waals surface area contributed by atoms with Gasteiger partial charge in [-0.1, -0.05) is 6.07 Å². The Morgan fingerprint density at radius 1 is 1.27 bits per heavy atom. The first-order chi connectivity index (χ1) is 6.96. The van der Waals surface area contributed by atoms with Crippen molar-refractivity contribution in [1.82, 2.24) is 0 Å². The molecule has 15 heavy (non-hydrogen) atoms. The topological polar surface area (TPSA) is 34.1 Å². The summed E-state index contributed by atoms with van der Waals surface area (Å²) in [6.45, 7) is 0. The van der Waals surface area contributed by atoms with Gasteiger partial charge in [0.05, 0.1) is 5.75 Å².